The molecular formula is C18H15ClN4S. The van der Waals surface area contributed by atoms with Gasteiger partial charge >= 0.3 is 0 Å². The van der Waals surface area contributed by atoms with E-state index < -0.39 is 0 Å². The molecule has 3 aromatic heterocycles. The van der Waals surface area contributed by atoms with E-state index in [1.807, 2.05) is 16.6 Å². The highest BCUT2D eigenvalue weighted by Crippen LogP contribution is 2.53. The van der Waals surface area contributed by atoms with Gasteiger partial charge in [-0.3, -0.25) is 0 Å². The van der Waals surface area contributed by atoms with Crippen LogP contribution in [0.3, 0.4) is 0 Å². The summed E-state index contributed by atoms with van der Waals surface area (Å²) in [7, 11) is 0. The Balaban J connectivity index is 1.57. The Morgan fingerprint density at radius 2 is 1.96 bits per heavy atom. The number of benzene rings is 1. The summed E-state index contributed by atoms with van der Waals surface area (Å²) in [6.45, 7) is 4.27. The monoisotopic (exact) mass is 354 g/mol. The summed E-state index contributed by atoms with van der Waals surface area (Å²) >= 11 is 7.70. The first-order valence-electron chi connectivity index (χ1n) is 7.98. The van der Waals surface area contributed by atoms with Gasteiger partial charge in [0.25, 0.3) is 0 Å². The van der Waals surface area contributed by atoms with Crippen molar-refractivity contribution in [2.24, 2.45) is 0 Å². The zero-order chi connectivity index (χ0) is 16.4. The molecule has 6 heteroatoms. The molecule has 3 heterocycles. The maximum absolute atomic E-state index is 5.98. The van der Waals surface area contributed by atoms with Crippen LogP contribution in [-0.2, 0) is 0 Å². The minimum Gasteiger partial charge on any atom is -0.225 e. The van der Waals surface area contributed by atoms with Crippen molar-refractivity contribution < 1.29 is 0 Å². The van der Waals surface area contributed by atoms with Crippen LogP contribution in [0.1, 0.15) is 40.1 Å². The van der Waals surface area contributed by atoms with Gasteiger partial charge in [0.15, 0.2) is 11.5 Å². The van der Waals surface area contributed by atoms with Gasteiger partial charge in [-0.1, -0.05) is 23.7 Å². The van der Waals surface area contributed by atoms with Crippen LogP contribution in [0, 0.1) is 13.8 Å². The lowest BCUT2D eigenvalue weighted by molar-refractivity contribution is 0.850. The molecule has 0 amide bonds. The predicted molar refractivity (Wildman–Crippen MR) is 97.2 cm³/mol. The van der Waals surface area contributed by atoms with E-state index >= 15 is 0 Å². The quantitative estimate of drug-likeness (QED) is 0.515. The Morgan fingerprint density at radius 3 is 2.75 bits per heavy atom. The van der Waals surface area contributed by atoms with Crippen LogP contribution in [0.25, 0.3) is 15.9 Å². The summed E-state index contributed by atoms with van der Waals surface area (Å²) in [5.74, 6) is 1.81. The van der Waals surface area contributed by atoms with Crippen LogP contribution >= 0.6 is 22.9 Å². The molecule has 1 aromatic carbocycles. The number of hydrogen-bond donors (Lipinski definition) is 0. The molecule has 0 radical (unpaired) electrons. The smallest absolute Gasteiger partial charge is 0.167 e. The lowest BCUT2D eigenvalue weighted by Gasteiger charge is -1.98. The van der Waals surface area contributed by atoms with Gasteiger partial charge in [-0.25, -0.2) is 14.5 Å². The van der Waals surface area contributed by atoms with E-state index in [0.717, 1.165) is 33.1 Å². The lowest BCUT2D eigenvalue weighted by atomic mass is 10.1. The van der Waals surface area contributed by atoms with Crippen molar-refractivity contribution in [3.63, 3.8) is 0 Å². The van der Waals surface area contributed by atoms with Crippen LogP contribution in [0.5, 0.6) is 0 Å². The third kappa shape index (κ3) is 2.08. The van der Waals surface area contributed by atoms with E-state index in [-0.39, 0.29) is 0 Å². The predicted octanol–water partition coefficient (Wildman–Crippen LogP) is 4.88. The summed E-state index contributed by atoms with van der Waals surface area (Å²) in [5, 5.41) is 6.61. The van der Waals surface area contributed by atoms with Gasteiger partial charge in [-0.15, -0.1) is 16.4 Å². The van der Waals surface area contributed by atoms with Crippen molar-refractivity contribution >= 4 is 38.8 Å². The summed E-state index contributed by atoms with van der Waals surface area (Å²) in [6.07, 6.45) is 2.87. The van der Waals surface area contributed by atoms with E-state index in [1.165, 1.54) is 16.0 Å². The Kier molecular flexibility index (Phi) is 3.00. The standard InChI is InChI=1S/C18H15ClN4S/c1-9-10(2)24-18-15(9)17-21-16(22-23(17)8-20-18)14-7-13(14)11-3-5-12(19)6-4-11/h3-6,8,13-14H,7H2,1-2H3/t13-,14-/m1/s1. The first-order valence-corrected chi connectivity index (χ1v) is 9.17. The fourth-order valence-electron chi connectivity index (χ4n) is 3.38. The molecule has 1 aliphatic rings. The second kappa shape index (κ2) is 5.01. The van der Waals surface area contributed by atoms with Gasteiger partial charge < -0.3 is 0 Å². The maximum atomic E-state index is 5.98. The molecule has 0 saturated heterocycles. The average molecular weight is 355 g/mol. The van der Waals surface area contributed by atoms with Crippen molar-refractivity contribution in [3.8, 4) is 0 Å². The number of thiophene rings is 1. The molecule has 1 aliphatic carbocycles. The van der Waals surface area contributed by atoms with Crippen LogP contribution in [0.4, 0.5) is 0 Å². The summed E-state index contributed by atoms with van der Waals surface area (Å²) in [5.41, 5.74) is 3.50. The molecule has 2 atom stereocenters. The van der Waals surface area contributed by atoms with Crippen LogP contribution < -0.4 is 0 Å². The van der Waals surface area contributed by atoms with Crippen LogP contribution in [0.15, 0.2) is 30.6 Å². The van der Waals surface area contributed by atoms with Gasteiger partial charge in [0.05, 0.1) is 5.39 Å². The molecule has 24 heavy (non-hydrogen) atoms. The Hall–Kier alpha value is -1.98. The van der Waals surface area contributed by atoms with E-state index in [0.29, 0.717) is 11.8 Å². The molecule has 0 aliphatic heterocycles. The van der Waals surface area contributed by atoms with E-state index in [1.54, 1.807) is 17.7 Å². The molecule has 5 rings (SSSR count). The fourth-order valence-corrected chi connectivity index (χ4v) is 4.49. The molecule has 0 bridgehead atoms. The zero-order valence-corrected chi connectivity index (χ0v) is 14.9. The number of rotatable bonds is 2. The first-order chi connectivity index (χ1) is 11.6. The number of nitrogens with zero attached hydrogens (tertiary/aromatic N) is 4. The highest BCUT2D eigenvalue weighted by Gasteiger charge is 2.42. The van der Waals surface area contributed by atoms with Crippen molar-refractivity contribution in [2.75, 3.05) is 0 Å². The molecule has 120 valence electrons. The van der Waals surface area contributed by atoms with E-state index in [4.69, 9.17) is 21.7 Å². The first kappa shape index (κ1) is 14.4. The highest BCUT2D eigenvalue weighted by atomic mass is 35.5. The normalized spacial score (nSPS) is 20.1. The molecule has 1 saturated carbocycles. The van der Waals surface area contributed by atoms with Gasteiger partial charge in [-0.05, 0) is 49.4 Å². The minimum atomic E-state index is 0.390. The van der Waals surface area contributed by atoms with Crippen LogP contribution in [-0.4, -0.2) is 19.6 Å². The Bertz CT molecular complexity index is 1080. The fraction of sp³-hybridized carbons (Fsp3) is 0.278. The number of hydrogen-bond acceptors (Lipinski definition) is 4. The van der Waals surface area contributed by atoms with Crippen molar-refractivity contribution in [1.82, 2.24) is 19.6 Å². The molecule has 0 spiro atoms. The molecule has 0 N–H and O–H groups in total. The van der Waals surface area contributed by atoms with Gasteiger partial charge in [-0.2, -0.15) is 0 Å². The average Bonchev–Trinajstić information content (AvgIpc) is 3.16. The van der Waals surface area contributed by atoms with Gasteiger partial charge in [0.1, 0.15) is 11.2 Å². The van der Waals surface area contributed by atoms with E-state index in [2.05, 4.69) is 31.0 Å². The summed E-state index contributed by atoms with van der Waals surface area (Å²) in [4.78, 5) is 11.7. The van der Waals surface area contributed by atoms with Crippen LogP contribution in [0.2, 0.25) is 5.02 Å². The van der Waals surface area contributed by atoms with Crippen molar-refractivity contribution in [3.05, 3.63) is 57.4 Å². The maximum Gasteiger partial charge on any atom is 0.167 e. The topological polar surface area (TPSA) is 43.1 Å². The number of aryl methyl sites for hydroxylation is 2. The largest absolute Gasteiger partial charge is 0.225 e. The Labute approximate surface area is 148 Å². The number of fused-ring (bicyclic) bond motifs is 3. The lowest BCUT2D eigenvalue weighted by Crippen LogP contribution is -1.91. The van der Waals surface area contributed by atoms with Crippen molar-refractivity contribution in [1.29, 1.82) is 0 Å². The van der Waals surface area contributed by atoms with Gasteiger partial charge in [0.2, 0.25) is 0 Å². The van der Waals surface area contributed by atoms with E-state index in [9.17, 15) is 0 Å². The highest BCUT2D eigenvalue weighted by molar-refractivity contribution is 7.18. The second-order valence-electron chi connectivity index (χ2n) is 6.45. The van der Waals surface area contributed by atoms with Crippen molar-refractivity contribution in [2.45, 2.75) is 32.1 Å². The SMILES string of the molecule is Cc1sc2ncn3nc([C@@H]4C[C@@H]4c4ccc(Cl)cc4)nc3c2c1C. The molecule has 4 nitrogen and oxygen atoms in total. The zero-order valence-electron chi connectivity index (χ0n) is 13.3. The Morgan fingerprint density at radius 1 is 1.17 bits per heavy atom. The number of halogens is 1. The molecular weight excluding hydrogens is 340 g/mol. The molecule has 0 unspecified atom stereocenters. The third-order valence-electron chi connectivity index (χ3n) is 4.94. The molecule has 1 fully saturated rings. The summed E-state index contributed by atoms with van der Waals surface area (Å²) in [6, 6.07) is 8.12. The number of aromatic nitrogens is 4. The second-order valence-corrected chi connectivity index (χ2v) is 8.09. The minimum absolute atomic E-state index is 0.390. The summed E-state index contributed by atoms with van der Waals surface area (Å²) < 4.78 is 1.83. The third-order valence-corrected chi connectivity index (χ3v) is 6.31. The van der Waals surface area contributed by atoms with Gasteiger partial charge in [0, 0.05) is 15.8 Å². The molecule has 4 aromatic rings.